The van der Waals surface area contributed by atoms with E-state index in [-0.39, 0.29) is 0 Å². The van der Waals surface area contributed by atoms with Gasteiger partial charge in [-0.15, -0.1) is 0 Å². The van der Waals surface area contributed by atoms with Gasteiger partial charge in [0.1, 0.15) is 0 Å². The fourth-order valence-electron chi connectivity index (χ4n) is 1.74. The number of hydrogen-bond acceptors (Lipinski definition) is 1. The van der Waals surface area contributed by atoms with Gasteiger partial charge < -0.3 is 5.32 Å². The molecule has 1 N–H and O–H groups in total. The molecule has 0 radical (unpaired) electrons. The topological polar surface area (TPSA) is 12.0 Å². The lowest BCUT2D eigenvalue weighted by atomic mass is 10.0. The Hall–Kier alpha value is -1.08. The van der Waals surface area contributed by atoms with E-state index in [1.165, 1.54) is 16.7 Å². The van der Waals surface area contributed by atoms with E-state index in [1.807, 2.05) is 7.05 Å². The molecular weight excluding hydrogens is 182 g/mol. The summed E-state index contributed by atoms with van der Waals surface area (Å²) in [6.45, 7) is 6.42. The lowest BCUT2D eigenvalue weighted by Gasteiger charge is -2.13. The highest BCUT2D eigenvalue weighted by Gasteiger charge is 2.03. The predicted molar refractivity (Wildman–Crippen MR) is 67.2 cm³/mol. The van der Waals surface area contributed by atoms with E-state index in [2.05, 4.69) is 56.4 Å². The van der Waals surface area contributed by atoms with Crippen molar-refractivity contribution < 1.29 is 0 Å². The van der Waals surface area contributed by atoms with Crippen LogP contribution in [-0.4, -0.2) is 13.1 Å². The standard InChI is InChI=1S/C14H21N/c1-11(2)8-14(15-4)10-13-7-5-6-12(3)9-13/h5-9,14-15H,10H2,1-4H3. The maximum Gasteiger partial charge on any atom is 0.0290 e. The molecule has 0 fully saturated rings. The van der Waals surface area contributed by atoms with Crippen LogP contribution in [0.15, 0.2) is 35.9 Å². The average molecular weight is 203 g/mol. The first-order valence-corrected chi connectivity index (χ1v) is 5.49. The van der Waals surface area contributed by atoms with E-state index in [0.717, 1.165) is 6.42 Å². The quantitative estimate of drug-likeness (QED) is 0.741. The van der Waals surface area contributed by atoms with Crippen molar-refractivity contribution in [1.82, 2.24) is 5.32 Å². The van der Waals surface area contributed by atoms with E-state index in [4.69, 9.17) is 0 Å². The third kappa shape index (κ3) is 4.30. The first-order chi connectivity index (χ1) is 7.11. The summed E-state index contributed by atoms with van der Waals surface area (Å²) in [5, 5.41) is 3.32. The van der Waals surface area contributed by atoms with Crippen LogP contribution in [0.3, 0.4) is 0 Å². The summed E-state index contributed by atoms with van der Waals surface area (Å²) < 4.78 is 0. The third-order valence-electron chi connectivity index (χ3n) is 2.44. The largest absolute Gasteiger partial charge is 0.313 e. The third-order valence-corrected chi connectivity index (χ3v) is 2.44. The zero-order chi connectivity index (χ0) is 11.3. The Labute approximate surface area is 93.2 Å². The minimum absolute atomic E-state index is 0.441. The normalized spacial score (nSPS) is 12.3. The van der Waals surface area contributed by atoms with Crippen LogP contribution in [0.1, 0.15) is 25.0 Å². The van der Waals surface area contributed by atoms with Crippen molar-refractivity contribution in [2.24, 2.45) is 0 Å². The van der Waals surface area contributed by atoms with Gasteiger partial charge in [0, 0.05) is 6.04 Å². The lowest BCUT2D eigenvalue weighted by Crippen LogP contribution is -2.25. The van der Waals surface area contributed by atoms with E-state index < -0.39 is 0 Å². The van der Waals surface area contributed by atoms with E-state index in [1.54, 1.807) is 0 Å². The summed E-state index contributed by atoms with van der Waals surface area (Å²) in [6.07, 6.45) is 3.34. The molecule has 0 aliphatic carbocycles. The fraction of sp³-hybridized carbons (Fsp3) is 0.429. The van der Waals surface area contributed by atoms with E-state index in [9.17, 15) is 0 Å². The zero-order valence-corrected chi connectivity index (χ0v) is 10.2. The molecule has 0 aliphatic heterocycles. The van der Waals surface area contributed by atoms with Crippen LogP contribution in [0.5, 0.6) is 0 Å². The van der Waals surface area contributed by atoms with E-state index in [0.29, 0.717) is 6.04 Å². The van der Waals surface area contributed by atoms with Gasteiger partial charge in [-0.25, -0.2) is 0 Å². The lowest BCUT2D eigenvalue weighted by molar-refractivity contribution is 0.660. The SMILES string of the molecule is CNC(C=C(C)C)Cc1cccc(C)c1. The number of rotatable bonds is 4. The summed E-state index contributed by atoms with van der Waals surface area (Å²) in [6, 6.07) is 9.15. The molecule has 1 aromatic carbocycles. The molecular formula is C14H21N. The first-order valence-electron chi connectivity index (χ1n) is 5.49. The zero-order valence-electron chi connectivity index (χ0n) is 10.2. The van der Waals surface area contributed by atoms with Gasteiger partial charge in [-0.05, 0) is 39.8 Å². The molecule has 0 amide bonds. The second-order valence-electron chi connectivity index (χ2n) is 4.33. The highest BCUT2D eigenvalue weighted by molar-refractivity contribution is 5.24. The summed E-state index contributed by atoms with van der Waals surface area (Å²) >= 11 is 0. The molecule has 1 unspecified atom stereocenters. The molecule has 1 heteroatoms. The monoisotopic (exact) mass is 203 g/mol. The Bertz CT molecular complexity index is 335. The Balaban J connectivity index is 2.71. The number of nitrogens with one attached hydrogen (secondary N) is 1. The maximum absolute atomic E-state index is 3.32. The van der Waals surface area contributed by atoms with Crippen molar-refractivity contribution in [3.8, 4) is 0 Å². The van der Waals surface area contributed by atoms with Gasteiger partial charge in [-0.1, -0.05) is 41.5 Å². The van der Waals surface area contributed by atoms with E-state index >= 15 is 0 Å². The molecule has 1 aromatic rings. The van der Waals surface area contributed by atoms with Crippen LogP contribution < -0.4 is 5.32 Å². The molecule has 0 saturated heterocycles. The molecule has 0 saturated carbocycles. The van der Waals surface area contributed by atoms with Gasteiger partial charge in [0.25, 0.3) is 0 Å². The summed E-state index contributed by atoms with van der Waals surface area (Å²) in [7, 11) is 2.01. The summed E-state index contributed by atoms with van der Waals surface area (Å²) in [5.41, 5.74) is 4.09. The van der Waals surface area contributed by atoms with Gasteiger partial charge in [0.2, 0.25) is 0 Å². The van der Waals surface area contributed by atoms with Crippen LogP contribution in [0.25, 0.3) is 0 Å². The number of hydrogen-bond donors (Lipinski definition) is 1. The Morgan fingerprint density at radius 2 is 2.13 bits per heavy atom. The minimum atomic E-state index is 0.441. The molecule has 1 atom stereocenters. The van der Waals surface area contributed by atoms with Gasteiger partial charge in [-0.2, -0.15) is 0 Å². The molecule has 0 bridgehead atoms. The highest BCUT2D eigenvalue weighted by atomic mass is 14.9. The summed E-state index contributed by atoms with van der Waals surface area (Å²) in [5.74, 6) is 0. The van der Waals surface area contributed by atoms with Crippen molar-refractivity contribution in [1.29, 1.82) is 0 Å². The predicted octanol–water partition coefficient (Wildman–Crippen LogP) is 3.09. The molecule has 0 aliphatic rings. The van der Waals surface area contributed by atoms with Crippen molar-refractivity contribution in [3.05, 3.63) is 47.0 Å². The van der Waals surface area contributed by atoms with Crippen LogP contribution in [0.2, 0.25) is 0 Å². The van der Waals surface area contributed by atoms with Crippen molar-refractivity contribution in [2.75, 3.05) is 7.05 Å². The molecule has 0 heterocycles. The van der Waals surface area contributed by atoms with Gasteiger partial charge >= 0.3 is 0 Å². The van der Waals surface area contributed by atoms with Crippen molar-refractivity contribution in [3.63, 3.8) is 0 Å². The van der Waals surface area contributed by atoms with Crippen molar-refractivity contribution >= 4 is 0 Å². The summed E-state index contributed by atoms with van der Waals surface area (Å²) in [4.78, 5) is 0. The minimum Gasteiger partial charge on any atom is -0.313 e. The Morgan fingerprint density at radius 3 is 2.67 bits per heavy atom. The number of benzene rings is 1. The maximum atomic E-state index is 3.32. The molecule has 0 aromatic heterocycles. The molecule has 82 valence electrons. The Morgan fingerprint density at radius 1 is 1.40 bits per heavy atom. The average Bonchev–Trinajstić information content (AvgIpc) is 2.16. The molecule has 0 spiro atoms. The fourth-order valence-corrected chi connectivity index (χ4v) is 1.74. The number of aryl methyl sites for hydroxylation is 1. The van der Waals surface area contributed by atoms with Crippen LogP contribution in [-0.2, 0) is 6.42 Å². The smallest absolute Gasteiger partial charge is 0.0290 e. The first kappa shape index (κ1) is 12.0. The second-order valence-corrected chi connectivity index (χ2v) is 4.33. The number of allylic oxidation sites excluding steroid dienone is 1. The molecule has 1 rings (SSSR count). The molecule has 15 heavy (non-hydrogen) atoms. The van der Waals surface area contributed by atoms with Crippen LogP contribution >= 0.6 is 0 Å². The van der Waals surface area contributed by atoms with Gasteiger partial charge in [0.05, 0.1) is 0 Å². The van der Waals surface area contributed by atoms with Crippen molar-refractivity contribution in [2.45, 2.75) is 33.2 Å². The second kappa shape index (κ2) is 5.72. The molecule has 1 nitrogen and oxygen atoms in total. The van der Waals surface area contributed by atoms with Gasteiger partial charge in [0.15, 0.2) is 0 Å². The Kier molecular flexibility index (Phi) is 4.57. The van der Waals surface area contributed by atoms with Gasteiger partial charge in [-0.3, -0.25) is 0 Å². The van der Waals surface area contributed by atoms with Crippen LogP contribution in [0.4, 0.5) is 0 Å². The highest BCUT2D eigenvalue weighted by Crippen LogP contribution is 2.08. The number of likely N-dealkylation sites (N-methyl/N-ethyl adjacent to an activating group) is 1. The van der Waals surface area contributed by atoms with Crippen LogP contribution in [0, 0.1) is 6.92 Å².